The predicted octanol–water partition coefficient (Wildman–Crippen LogP) is 3.91. The summed E-state index contributed by atoms with van der Waals surface area (Å²) in [6.45, 7) is 9.83. The lowest BCUT2D eigenvalue weighted by molar-refractivity contribution is 0.117. The summed E-state index contributed by atoms with van der Waals surface area (Å²) < 4.78 is 0. The molecule has 2 aliphatic rings. The van der Waals surface area contributed by atoms with Gasteiger partial charge < -0.3 is 5.32 Å². The number of nitrogens with one attached hydrogen (secondary N) is 1. The first kappa shape index (κ1) is 16.3. The van der Waals surface area contributed by atoms with Crippen molar-refractivity contribution in [2.75, 3.05) is 20.1 Å². The zero-order valence-electron chi connectivity index (χ0n) is 14.2. The van der Waals surface area contributed by atoms with Crippen LogP contribution in [0.15, 0.2) is 0 Å². The molecule has 0 aromatic heterocycles. The lowest BCUT2D eigenvalue weighted by Gasteiger charge is -2.40. The van der Waals surface area contributed by atoms with Crippen LogP contribution < -0.4 is 5.32 Å². The minimum atomic E-state index is 0.761. The van der Waals surface area contributed by atoms with Gasteiger partial charge in [-0.3, -0.25) is 4.90 Å². The Morgan fingerprint density at radius 3 is 2.65 bits per heavy atom. The van der Waals surface area contributed by atoms with E-state index in [1.54, 1.807) is 0 Å². The standard InChI is InChI=1S/C18H36N2/c1-5-7-15-9-10-17(19-4)16(12-15)13-20-11-6-8-18(20)14(2)3/h14-19H,5-13H2,1-4H3. The Hall–Kier alpha value is -0.0800. The lowest BCUT2D eigenvalue weighted by Crippen LogP contribution is -2.46. The number of likely N-dealkylation sites (tertiary alicyclic amines) is 1. The molecule has 1 N–H and O–H groups in total. The van der Waals surface area contributed by atoms with Crippen molar-refractivity contribution in [2.24, 2.45) is 17.8 Å². The molecule has 1 heterocycles. The molecule has 0 aromatic rings. The zero-order chi connectivity index (χ0) is 14.5. The van der Waals surface area contributed by atoms with Gasteiger partial charge in [-0.15, -0.1) is 0 Å². The second-order valence-corrected chi connectivity index (χ2v) is 7.57. The topological polar surface area (TPSA) is 15.3 Å². The highest BCUT2D eigenvalue weighted by Crippen LogP contribution is 2.34. The van der Waals surface area contributed by atoms with Crippen LogP contribution in [0.5, 0.6) is 0 Å². The van der Waals surface area contributed by atoms with Gasteiger partial charge in [0.1, 0.15) is 0 Å². The van der Waals surface area contributed by atoms with E-state index in [1.807, 2.05) is 0 Å². The minimum absolute atomic E-state index is 0.761. The van der Waals surface area contributed by atoms with Crippen LogP contribution in [0, 0.1) is 17.8 Å². The predicted molar refractivity (Wildman–Crippen MR) is 88.0 cm³/mol. The average molecular weight is 280 g/mol. The number of hydrogen-bond donors (Lipinski definition) is 1. The van der Waals surface area contributed by atoms with Gasteiger partial charge in [-0.25, -0.2) is 0 Å². The zero-order valence-corrected chi connectivity index (χ0v) is 14.2. The van der Waals surface area contributed by atoms with Crippen LogP contribution in [0.25, 0.3) is 0 Å². The molecule has 4 unspecified atom stereocenters. The maximum atomic E-state index is 3.61. The Kier molecular flexibility index (Phi) is 6.35. The van der Waals surface area contributed by atoms with E-state index < -0.39 is 0 Å². The molecule has 1 aliphatic carbocycles. The molecule has 2 fully saturated rings. The van der Waals surface area contributed by atoms with Gasteiger partial charge in [-0.1, -0.05) is 33.6 Å². The molecule has 0 radical (unpaired) electrons. The third-order valence-electron chi connectivity index (χ3n) is 5.81. The minimum Gasteiger partial charge on any atom is -0.317 e. The van der Waals surface area contributed by atoms with E-state index in [1.165, 1.54) is 58.0 Å². The van der Waals surface area contributed by atoms with Crippen molar-refractivity contribution in [1.82, 2.24) is 10.2 Å². The van der Waals surface area contributed by atoms with Crippen molar-refractivity contribution in [3.8, 4) is 0 Å². The maximum Gasteiger partial charge on any atom is 0.0119 e. The highest BCUT2D eigenvalue weighted by atomic mass is 15.2. The van der Waals surface area contributed by atoms with Crippen LogP contribution in [0.4, 0.5) is 0 Å². The number of hydrogen-bond acceptors (Lipinski definition) is 2. The second-order valence-electron chi connectivity index (χ2n) is 7.57. The van der Waals surface area contributed by atoms with Gasteiger partial charge in [0.05, 0.1) is 0 Å². The van der Waals surface area contributed by atoms with Gasteiger partial charge in [0.15, 0.2) is 0 Å². The second kappa shape index (κ2) is 7.79. The van der Waals surface area contributed by atoms with Gasteiger partial charge in [-0.05, 0) is 63.5 Å². The summed E-state index contributed by atoms with van der Waals surface area (Å²) in [6.07, 6.45) is 9.95. The molecule has 0 amide bonds. The van der Waals surface area contributed by atoms with E-state index in [0.29, 0.717) is 0 Å². The molecule has 118 valence electrons. The first-order chi connectivity index (χ1) is 9.65. The first-order valence-corrected chi connectivity index (χ1v) is 9.07. The van der Waals surface area contributed by atoms with E-state index in [9.17, 15) is 0 Å². The quantitative estimate of drug-likeness (QED) is 0.793. The van der Waals surface area contributed by atoms with Crippen LogP contribution in [-0.2, 0) is 0 Å². The summed E-state index contributed by atoms with van der Waals surface area (Å²) in [5.41, 5.74) is 0. The van der Waals surface area contributed by atoms with Gasteiger partial charge in [0.25, 0.3) is 0 Å². The molecule has 20 heavy (non-hydrogen) atoms. The molecule has 2 rings (SSSR count). The van der Waals surface area contributed by atoms with Crippen molar-refractivity contribution in [3.05, 3.63) is 0 Å². The monoisotopic (exact) mass is 280 g/mol. The number of nitrogens with zero attached hydrogens (tertiary/aromatic N) is 1. The van der Waals surface area contributed by atoms with E-state index >= 15 is 0 Å². The fraction of sp³-hybridized carbons (Fsp3) is 1.00. The average Bonchev–Trinajstić information content (AvgIpc) is 2.88. The van der Waals surface area contributed by atoms with Crippen molar-refractivity contribution < 1.29 is 0 Å². The summed E-state index contributed by atoms with van der Waals surface area (Å²) in [7, 11) is 2.17. The highest BCUT2D eigenvalue weighted by Gasteiger charge is 2.34. The summed E-state index contributed by atoms with van der Waals surface area (Å²) in [4.78, 5) is 2.81. The SMILES string of the molecule is CCCC1CCC(NC)C(CN2CCCC2C(C)C)C1. The molecule has 1 saturated heterocycles. The Morgan fingerprint density at radius 1 is 1.20 bits per heavy atom. The van der Waals surface area contributed by atoms with Gasteiger partial charge >= 0.3 is 0 Å². The van der Waals surface area contributed by atoms with Crippen molar-refractivity contribution in [1.29, 1.82) is 0 Å². The van der Waals surface area contributed by atoms with Gasteiger partial charge in [0.2, 0.25) is 0 Å². The van der Waals surface area contributed by atoms with Crippen LogP contribution in [0.2, 0.25) is 0 Å². The molecule has 1 saturated carbocycles. The molecule has 0 bridgehead atoms. The van der Waals surface area contributed by atoms with Crippen LogP contribution in [0.1, 0.15) is 65.7 Å². The van der Waals surface area contributed by atoms with Gasteiger partial charge in [-0.2, -0.15) is 0 Å². The molecular formula is C18H36N2. The van der Waals surface area contributed by atoms with Crippen LogP contribution >= 0.6 is 0 Å². The summed E-state index contributed by atoms with van der Waals surface area (Å²) >= 11 is 0. The summed E-state index contributed by atoms with van der Waals surface area (Å²) in [5, 5.41) is 3.61. The van der Waals surface area contributed by atoms with E-state index in [4.69, 9.17) is 0 Å². The Balaban J connectivity index is 1.93. The van der Waals surface area contributed by atoms with Crippen molar-refractivity contribution >= 4 is 0 Å². The Labute approximate surface area is 126 Å². The largest absolute Gasteiger partial charge is 0.317 e. The fourth-order valence-electron chi connectivity index (χ4n) is 4.75. The summed E-state index contributed by atoms with van der Waals surface area (Å²) in [6, 6.07) is 1.61. The lowest BCUT2D eigenvalue weighted by atomic mass is 9.76. The van der Waals surface area contributed by atoms with E-state index in [0.717, 1.165) is 29.8 Å². The molecular weight excluding hydrogens is 244 g/mol. The molecule has 4 atom stereocenters. The fourth-order valence-corrected chi connectivity index (χ4v) is 4.75. The van der Waals surface area contributed by atoms with Gasteiger partial charge in [0, 0.05) is 18.6 Å². The van der Waals surface area contributed by atoms with E-state index in [2.05, 4.69) is 38.0 Å². The highest BCUT2D eigenvalue weighted by molar-refractivity contribution is 4.89. The first-order valence-electron chi connectivity index (χ1n) is 9.07. The molecule has 2 nitrogen and oxygen atoms in total. The maximum absolute atomic E-state index is 3.61. The molecule has 2 heteroatoms. The van der Waals surface area contributed by atoms with Crippen LogP contribution in [0.3, 0.4) is 0 Å². The van der Waals surface area contributed by atoms with Crippen LogP contribution in [-0.4, -0.2) is 37.1 Å². The number of rotatable bonds is 6. The smallest absolute Gasteiger partial charge is 0.0119 e. The normalized spacial score (nSPS) is 35.9. The summed E-state index contributed by atoms with van der Waals surface area (Å²) in [5.74, 6) is 2.69. The van der Waals surface area contributed by atoms with Crippen molar-refractivity contribution in [2.45, 2.75) is 77.8 Å². The third kappa shape index (κ3) is 3.98. The third-order valence-corrected chi connectivity index (χ3v) is 5.81. The molecule has 0 spiro atoms. The van der Waals surface area contributed by atoms with Crippen molar-refractivity contribution in [3.63, 3.8) is 0 Å². The van der Waals surface area contributed by atoms with E-state index in [-0.39, 0.29) is 0 Å². The Bertz CT molecular complexity index is 277. The molecule has 1 aliphatic heterocycles. The Morgan fingerprint density at radius 2 is 2.00 bits per heavy atom. The molecule has 0 aromatic carbocycles.